The third kappa shape index (κ3) is 5.33. The average molecular weight is 348 g/mol. The van der Waals surface area contributed by atoms with Crippen molar-refractivity contribution in [1.82, 2.24) is 4.90 Å². The minimum Gasteiger partial charge on any atom is -0.468 e. The van der Waals surface area contributed by atoms with Crippen LogP contribution in [0, 0.1) is 0 Å². The van der Waals surface area contributed by atoms with Crippen LogP contribution in [-0.2, 0) is 24.3 Å². The fourth-order valence-corrected chi connectivity index (χ4v) is 2.86. The number of hydrogen-bond acceptors (Lipinski definition) is 3. The Morgan fingerprint density at radius 3 is 2.35 bits per heavy atom. The molecule has 134 valence electrons. The molecule has 0 saturated carbocycles. The van der Waals surface area contributed by atoms with Crippen molar-refractivity contribution in [1.29, 1.82) is 0 Å². The van der Waals surface area contributed by atoms with Crippen molar-refractivity contribution in [2.24, 2.45) is 0 Å². The van der Waals surface area contributed by atoms with Crippen LogP contribution >= 0.6 is 0 Å². The summed E-state index contributed by atoms with van der Waals surface area (Å²) in [7, 11) is 0. The lowest BCUT2D eigenvalue weighted by atomic mass is 10.1. The van der Waals surface area contributed by atoms with Gasteiger partial charge >= 0.3 is 0 Å². The summed E-state index contributed by atoms with van der Waals surface area (Å²) in [6, 6.07) is 21.9. The molecule has 0 aliphatic rings. The summed E-state index contributed by atoms with van der Waals surface area (Å²) >= 11 is 0. The average Bonchev–Trinajstić information content (AvgIpc) is 3.16. The van der Waals surface area contributed by atoms with Crippen molar-refractivity contribution >= 4 is 11.6 Å². The molecule has 3 aromatic rings. The van der Waals surface area contributed by atoms with Gasteiger partial charge in [0.1, 0.15) is 5.76 Å². The molecule has 1 N–H and O–H groups in total. The van der Waals surface area contributed by atoms with E-state index in [4.69, 9.17) is 4.42 Å². The predicted octanol–water partition coefficient (Wildman–Crippen LogP) is 4.48. The normalized spacial score (nSPS) is 10.8. The molecule has 0 aliphatic carbocycles. The first-order valence-corrected chi connectivity index (χ1v) is 8.90. The maximum Gasteiger partial charge on any atom is 0.238 e. The highest BCUT2D eigenvalue weighted by Gasteiger charge is 2.13. The summed E-state index contributed by atoms with van der Waals surface area (Å²) in [5, 5.41) is 2.98. The molecule has 0 aliphatic heterocycles. The summed E-state index contributed by atoms with van der Waals surface area (Å²) in [4.78, 5) is 14.6. The van der Waals surface area contributed by atoms with Crippen LogP contribution < -0.4 is 5.32 Å². The van der Waals surface area contributed by atoms with Gasteiger partial charge in [-0.15, -0.1) is 0 Å². The number of hydrogen-bond donors (Lipinski definition) is 1. The molecule has 0 bridgehead atoms. The van der Waals surface area contributed by atoms with E-state index in [1.807, 2.05) is 54.6 Å². The third-order valence-electron chi connectivity index (χ3n) is 4.22. The number of carbonyl (C=O) groups is 1. The van der Waals surface area contributed by atoms with Crippen LogP contribution in [0.3, 0.4) is 0 Å². The highest BCUT2D eigenvalue weighted by Crippen LogP contribution is 2.13. The molecular weight excluding hydrogens is 324 g/mol. The molecule has 0 radical (unpaired) electrons. The summed E-state index contributed by atoms with van der Waals surface area (Å²) in [5.74, 6) is 0.817. The fraction of sp³-hybridized carbons (Fsp3) is 0.227. The van der Waals surface area contributed by atoms with Crippen molar-refractivity contribution in [2.45, 2.75) is 26.4 Å². The van der Waals surface area contributed by atoms with Crippen LogP contribution in [0.15, 0.2) is 77.4 Å². The smallest absolute Gasteiger partial charge is 0.238 e. The zero-order chi connectivity index (χ0) is 18.2. The number of furan rings is 1. The molecule has 0 saturated heterocycles. The second-order valence-corrected chi connectivity index (χ2v) is 6.31. The van der Waals surface area contributed by atoms with Crippen molar-refractivity contribution < 1.29 is 9.21 Å². The van der Waals surface area contributed by atoms with Crippen molar-refractivity contribution in [3.63, 3.8) is 0 Å². The Hall–Kier alpha value is -2.85. The molecule has 0 atom stereocenters. The Morgan fingerprint density at radius 1 is 0.923 bits per heavy atom. The van der Waals surface area contributed by atoms with Crippen LogP contribution in [0.5, 0.6) is 0 Å². The number of benzene rings is 2. The van der Waals surface area contributed by atoms with Gasteiger partial charge in [-0.3, -0.25) is 9.69 Å². The van der Waals surface area contributed by atoms with E-state index in [0.717, 1.165) is 17.9 Å². The molecule has 0 fully saturated rings. The lowest BCUT2D eigenvalue weighted by Gasteiger charge is -2.21. The monoisotopic (exact) mass is 348 g/mol. The number of amides is 1. The topological polar surface area (TPSA) is 45.5 Å². The molecule has 0 unspecified atom stereocenters. The van der Waals surface area contributed by atoms with E-state index < -0.39 is 0 Å². The predicted molar refractivity (Wildman–Crippen MR) is 104 cm³/mol. The fourth-order valence-electron chi connectivity index (χ4n) is 2.86. The number of nitrogens with one attached hydrogen (secondary N) is 1. The van der Waals surface area contributed by atoms with Gasteiger partial charge in [0.2, 0.25) is 5.91 Å². The van der Waals surface area contributed by atoms with Gasteiger partial charge in [-0.2, -0.15) is 0 Å². The van der Waals surface area contributed by atoms with E-state index in [2.05, 4.69) is 29.3 Å². The Labute approximate surface area is 154 Å². The zero-order valence-corrected chi connectivity index (χ0v) is 15.0. The van der Waals surface area contributed by atoms with Gasteiger partial charge in [0, 0.05) is 12.2 Å². The van der Waals surface area contributed by atoms with Gasteiger partial charge in [0.05, 0.1) is 19.4 Å². The SMILES string of the molecule is CCc1ccc(NC(=O)CN(Cc2ccccc2)Cc2ccco2)cc1. The molecule has 4 heteroatoms. The highest BCUT2D eigenvalue weighted by molar-refractivity contribution is 5.92. The summed E-state index contributed by atoms with van der Waals surface area (Å²) in [5.41, 5.74) is 3.25. The third-order valence-corrected chi connectivity index (χ3v) is 4.22. The Bertz CT molecular complexity index is 796. The lowest BCUT2D eigenvalue weighted by molar-refractivity contribution is -0.117. The van der Waals surface area contributed by atoms with E-state index in [0.29, 0.717) is 19.6 Å². The van der Waals surface area contributed by atoms with Gasteiger partial charge in [0.15, 0.2) is 0 Å². The first kappa shape index (κ1) is 18.0. The Balaban J connectivity index is 1.64. The minimum atomic E-state index is -0.0308. The van der Waals surface area contributed by atoms with E-state index >= 15 is 0 Å². The molecule has 26 heavy (non-hydrogen) atoms. The molecule has 1 amide bonds. The van der Waals surface area contributed by atoms with Gasteiger partial charge in [-0.05, 0) is 41.8 Å². The zero-order valence-electron chi connectivity index (χ0n) is 15.0. The largest absolute Gasteiger partial charge is 0.468 e. The quantitative estimate of drug-likeness (QED) is 0.653. The Morgan fingerprint density at radius 2 is 1.69 bits per heavy atom. The first-order valence-electron chi connectivity index (χ1n) is 8.90. The maximum atomic E-state index is 12.5. The van der Waals surface area contributed by atoms with Crippen LogP contribution in [-0.4, -0.2) is 17.4 Å². The molecule has 3 rings (SSSR count). The van der Waals surface area contributed by atoms with Gasteiger partial charge < -0.3 is 9.73 Å². The van der Waals surface area contributed by atoms with Crippen molar-refractivity contribution in [3.8, 4) is 0 Å². The number of nitrogens with zero attached hydrogens (tertiary/aromatic N) is 1. The van der Waals surface area contributed by atoms with Crippen LogP contribution in [0.25, 0.3) is 0 Å². The number of rotatable bonds is 8. The number of carbonyl (C=O) groups excluding carboxylic acids is 1. The summed E-state index contributed by atoms with van der Waals surface area (Å²) < 4.78 is 5.45. The molecule has 4 nitrogen and oxygen atoms in total. The summed E-state index contributed by atoms with van der Waals surface area (Å²) in [6.07, 6.45) is 2.65. The van der Waals surface area contributed by atoms with Gasteiger partial charge in [-0.25, -0.2) is 0 Å². The molecule has 1 heterocycles. The second kappa shape index (κ2) is 9.02. The first-order chi connectivity index (χ1) is 12.7. The molecule has 2 aromatic carbocycles. The van der Waals surface area contributed by atoms with E-state index in [1.165, 1.54) is 11.1 Å². The molecular formula is C22H24N2O2. The van der Waals surface area contributed by atoms with Gasteiger partial charge in [0.25, 0.3) is 0 Å². The Kier molecular flexibility index (Phi) is 6.23. The highest BCUT2D eigenvalue weighted by atomic mass is 16.3. The number of aryl methyl sites for hydroxylation is 1. The summed E-state index contributed by atoms with van der Waals surface area (Å²) in [6.45, 7) is 3.68. The van der Waals surface area contributed by atoms with Crippen LogP contribution in [0.1, 0.15) is 23.8 Å². The maximum absolute atomic E-state index is 12.5. The standard InChI is InChI=1S/C22H24N2O2/c1-2-18-10-12-20(13-11-18)23-22(25)17-24(16-21-9-6-14-26-21)15-19-7-4-3-5-8-19/h3-14H,2,15-17H2,1H3,(H,23,25). The van der Waals surface area contributed by atoms with Crippen molar-refractivity contribution in [2.75, 3.05) is 11.9 Å². The van der Waals surface area contributed by atoms with E-state index in [1.54, 1.807) is 6.26 Å². The van der Waals surface area contributed by atoms with Crippen LogP contribution in [0.2, 0.25) is 0 Å². The number of anilines is 1. The second-order valence-electron chi connectivity index (χ2n) is 6.31. The van der Waals surface area contributed by atoms with E-state index in [-0.39, 0.29) is 5.91 Å². The molecule has 1 aromatic heterocycles. The molecule has 0 spiro atoms. The minimum absolute atomic E-state index is 0.0308. The van der Waals surface area contributed by atoms with Crippen LogP contribution in [0.4, 0.5) is 5.69 Å². The van der Waals surface area contributed by atoms with Gasteiger partial charge in [-0.1, -0.05) is 49.4 Å². The van der Waals surface area contributed by atoms with E-state index in [9.17, 15) is 4.79 Å². The van der Waals surface area contributed by atoms with Crippen molar-refractivity contribution in [3.05, 3.63) is 89.9 Å². The lowest BCUT2D eigenvalue weighted by Crippen LogP contribution is -2.32.